The molecule has 0 bridgehead atoms. The van der Waals surface area contributed by atoms with E-state index in [-0.39, 0.29) is 15.6 Å². The minimum Gasteiger partial charge on any atom is -0.266 e. The van der Waals surface area contributed by atoms with E-state index in [1.165, 1.54) is 28.0 Å². The lowest BCUT2D eigenvalue weighted by Gasteiger charge is -2.00. The van der Waals surface area contributed by atoms with Gasteiger partial charge in [0.1, 0.15) is 4.70 Å². The molecule has 7 nitrogen and oxygen atoms in total. The number of hydrogen-bond donors (Lipinski definition) is 1. The minimum absolute atomic E-state index is 0.000229. The molecule has 3 heterocycles. The van der Waals surface area contributed by atoms with Crippen LogP contribution in [0.1, 0.15) is 0 Å². The summed E-state index contributed by atoms with van der Waals surface area (Å²) in [6.07, 6.45) is 0. The van der Waals surface area contributed by atoms with E-state index in [0.717, 1.165) is 0 Å². The maximum atomic E-state index is 12.7. The number of H-pyrrole nitrogens is 1. The first kappa shape index (κ1) is 13.2. The Labute approximate surface area is 127 Å². The van der Waals surface area contributed by atoms with Crippen LogP contribution in [-0.2, 0) is 9.84 Å². The third-order valence-corrected chi connectivity index (χ3v) is 5.82. The topological polar surface area (TPSA) is 97.2 Å². The van der Waals surface area contributed by atoms with E-state index in [9.17, 15) is 13.2 Å². The lowest BCUT2D eigenvalue weighted by atomic mass is 10.4. The van der Waals surface area contributed by atoms with Crippen LogP contribution in [0.3, 0.4) is 0 Å². The third kappa shape index (κ3) is 1.72. The number of nitrogens with zero attached hydrogens (tertiary/aromatic N) is 3. The highest BCUT2D eigenvalue weighted by Gasteiger charge is 2.26. The summed E-state index contributed by atoms with van der Waals surface area (Å²) < 4.78 is 27.2. The van der Waals surface area contributed by atoms with Crippen LogP contribution < -0.4 is 5.56 Å². The number of hydrogen-bond acceptors (Lipinski definition) is 6. The molecular weight excluding hydrogens is 324 g/mol. The average molecular weight is 332 g/mol. The van der Waals surface area contributed by atoms with Gasteiger partial charge >= 0.3 is 0 Å². The number of aromatic amines is 1. The van der Waals surface area contributed by atoms with E-state index >= 15 is 0 Å². The van der Waals surface area contributed by atoms with Gasteiger partial charge in [0.05, 0.1) is 10.4 Å². The molecule has 1 N–H and O–H groups in total. The van der Waals surface area contributed by atoms with Crippen LogP contribution in [0.15, 0.2) is 56.5 Å². The van der Waals surface area contributed by atoms with E-state index in [4.69, 9.17) is 0 Å². The second kappa shape index (κ2) is 4.49. The van der Waals surface area contributed by atoms with Gasteiger partial charge < -0.3 is 0 Å². The van der Waals surface area contributed by atoms with Crippen molar-refractivity contribution in [3.63, 3.8) is 0 Å². The number of sulfone groups is 1. The van der Waals surface area contributed by atoms with Gasteiger partial charge in [0, 0.05) is 0 Å². The summed E-state index contributed by atoms with van der Waals surface area (Å²) in [5, 5.41) is 7.96. The first-order chi connectivity index (χ1) is 10.6. The molecule has 0 saturated heterocycles. The molecule has 0 atom stereocenters. The van der Waals surface area contributed by atoms with Crippen molar-refractivity contribution in [2.24, 2.45) is 0 Å². The maximum absolute atomic E-state index is 12.7. The smallest absolute Gasteiger partial charge is 0.266 e. The summed E-state index contributed by atoms with van der Waals surface area (Å²) in [4.78, 5) is 16.0. The molecule has 0 spiro atoms. The Kier molecular flexibility index (Phi) is 2.68. The maximum Gasteiger partial charge on any atom is 0.291 e. The van der Waals surface area contributed by atoms with Crippen molar-refractivity contribution in [1.82, 2.24) is 19.8 Å². The van der Waals surface area contributed by atoms with Crippen molar-refractivity contribution < 1.29 is 8.42 Å². The Bertz CT molecular complexity index is 1160. The molecule has 4 aromatic rings. The fourth-order valence-corrected chi connectivity index (χ4v) is 4.27. The van der Waals surface area contributed by atoms with Gasteiger partial charge in [0.15, 0.2) is 5.65 Å². The van der Waals surface area contributed by atoms with Gasteiger partial charge in [-0.1, -0.05) is 18.2 Å². The normalized spacial score (nSPS) is 12.2. The molecule has 0 aliphatic carbocycles. The summed E-state index contributed by atoms with van der Waals surface area (Å²) >= 11 is 1.25. The second-order valence-electron chi connectivity index (χ2n) is 4.54. The number of nitrogens with one attached hydrogen (secondary N) is 1. The van der Waals surface area contributed by atoms with Crippen LogP contribution in [0.2, 0.25) is 0 Å². The van der Waals surface area contributed by atoms with Crippen LogP contribution in [0.25, 0.3) is 15.9 Å². The largest absolute Gasteiger partial charge is 0.291 e. The SMILES string of the molecule is O=c1nc2c(S(=O)(=O)c3ccccc3)n[nH]n2c2ccsc12. The standard InChI is InChI=1S/C13H8N4O3S2/c18-12-10-9(6-7-21-10)17-11(14-12)13(15-16-17)22(19,20)8-4-2-1-3-5-8/h1-7,16H. The Morgan fingerprint density at radius 2 is 1.91 bits per heavy atom. The highest BCUT2D eigenvalue weighted by molar-refractivity contribution is 7.91. The predicted octanol–water partition coefficient (Wildman–Crippen LogP) is 1.47. The molecule has 110 valence electrons. The van der Waals surface area contributed by atoms with Crippen molar-refractivity contribution >= 4 is 37.0 Å². The molecule has 4 rings (SSSR count). The van der Waals surface area contributed by atoms with Gasteiger partial charge in [-0.2, -0.15) is 4.98 Å². The van der Waals surface area contributed by atoms with E-state index in [2.05, 4.69) is 15.3 Å². The van der Waals surface area contributed by atoms with E-state index in [1.807, 2.05) is 0 Å². The minimum atomic E-state index is -3.85. The van der Waals surface area contributed by atoms with Crippen molar-refractivity contribution in [3.8, 4) is 0 Å². The fourth-order valence-electron chi connectivity index (χ4n) is 2.23. The van der Waals surface area contributed by atoms with Crippen LogP contribution in [0, 0.1) is 0 Å². The molecule has 3 aromatic heterocycles. The lowest BCUT2D eigenvalue weighted by molar-refractivity contribution is 0.592. The number of thiophene rings is 1. The van der Waals surface area contributed by atoms with E-state index < -0.39 is 15.4 Å². The number of aromatic nitrogens is 4. The van der Waals surface area contributed by atoms with Crippen molar-refractivity contribution in [3.05, 3.63) is 52.1 Å². The summed E-state index contributed by atoms with van der Waals surface area (Å²) in [6.45, 7) is 0. The van der Waals surface area contributed by atoms with Crippen molar-refractivity contribution in [2.75, 3.05) is 0 Å². The molecule has 0 amide bonds. The first-order valence-corrected chi connectivity index (χ1v) is 8.60. The number of rotatable bonds is 2. The van der Waals surface area contributed by atoms with Crippen LogP contribution in [0.5, 0.6) is 0 Å². The number of fused-ring (bicyclic) bond motifs is 3. The average Bonchev–Trinajstić information content (AvgIpc) is 3.14. The summed E-state index contributed by atoms with van der Waals surface area (Å²) in [6, 6.07) is 9.63. The highest BCUT2D eigenvalue weighted by atomic mass is 32.2. The molecule has 22 heavy (non-hydrogen) atoms. The van der Waals surface area contributed by atoms with Crippen molar-refractivity contribution in [1.29, 1.82) is 0 Å². The quantitative estimate of drug-likeness (QED) is 0.599. The van der Waals surface area contributed by atoms with Crippen LogP contribution in [-0.4, -0.2) is 28.2 Å². The molecule has 0 aliphatic rings. The first-order valence-electron chi connectivity index (χ1n) is 6.23. The molecule has 0 unspecified atom stereocenters. The third-order valence-electron chi connectivity index (χ3n) is 3.25. The Morgan fingerprint density at radius 1 is 1.14 bits per heavy atom. The second-order valence-corrected chi connectivity index (χ2v) is 7.33. The Balaban J connectivity index is 2.09. The highest BCUT2D eigenvalue weighted by Crippen LogP contribution is 2.24. The summed E-state index contributed by atoms with van der Waals surface area (Å²) in [7, 11) is -3.85. The van der Waals surface area contributed by atoms with Gasteiger partial charge in [-0.15, -0.1) is 16.4 Å². The molecule has 1 aromatic carbocycles. The van der Waals surface area contributed by atoms with Crippen LogP contribution in [0.4, 0.5) is 0 Å². The van der Waals surface area contributed by atoms with Gasteiger partial charge in [0.2, 0.25) is 14.9 Å². The molecule has 9 heteroatoms. The van der Waals surface area contributed by atoms with Gasteiger partial charge in [-0.25, -0.2) is 18.1 Å². The zero-order valence-corrected chi connectivity index (χ0v) is 12.6. The molecule has 0 aliphatic heterocycles. The summed E-state index contributed by atoms with van der Waals surface area (Å²) in [5.41, 5.74) is 0.0951. The van der Waals surface area contributed by atoms with E-state index in [0.29, 0.717) is 10.2 Å². The predicted molar refractivity (Wildman–Crippen MR) is 80.9 cm³/mol. The Hall–Kier alpha value is -2.52. The molecular formula is C13H8N4O3S2. The molecule has 0 fully saturated rings. The Morgan fingerprint density at radius 3 is 2.68 bits per heavy atom. The molecule has 0 radical (unpaired) electrons. The van der Waals surface area contributed by atoms with E-state index in [1.54, 1.807) is 29.6 Å². The summed E-state index contributed by atoms with van der Waals surface area (Å²) in [5.74, 6) is 0. The number of benzene rings is 1. The van der Waals surface area contributed by atoms with Crippen molar-refractivity contribution in [2.45, 2.75) is 9.92 Å². The van der Waals surface area contributed by atoms with Gasteiger partial charge in [-0.05, 0) is 23.6 Å². The lowest BCUT2D eigenvalue weighted by Crippen LogP contribution is -2.10. The van der Waals surface area contributed by atoms with Gasteiger partial charge in [-0.3, -0.25) is 4.79 Å². The van der Waals surface area contributed by atoms with Gasteiger partial charge in [0.25, 0.3) is 5.56 Å². The zero-order chi connectivity index (χ0) is 15.3. The van der Waals surface area contributed by atoms with Crippen LogP contribution >= 0.6 is 11.3 Å². The zero-order valence-electron chi connectivity index (χ0n) is 10.9. The fraction of sp³-hybridized carbons (Fsp3) is 0. The monoisotopic (exact) mass is 332 g/mol. The molecule has 0 saturated carbocycles.